The molecule has 2 unspecified atom stereocenters. The summed E-state index contributed by atoms with van der Waals surface area (Å²) in [7, 11) is 0. The van der Waals surface area contributed by atoms with Crippen molar-refractivity contribution < 1.29 is 19.1 Å². The smallest absolute Gasteiger partial charge is 0.326 e. The third-order valence-corrected chi connectivity index (χ3v) is 3.96. The number of carbonyl (C=O) groups excluding carboxylic acids is 1. The first kappa shape index (κ1) is 17.9. The Balaban J connectivity index is 2.22. The van der Waals surface area contributed by atoms with Gasteiger partial charge < -0.3 is 10.4 Å². The molecule has 0 aliphatic rings. The molecule has 2 aromatic rings. The van der Waals surface area contributed by atoms with E-state index in [1.54, 1.807) is 6.92 Å². The van der Waals surface area contributed by atoms with Gasteiger partial charge in [-0.05, 0) is 18.1 Å². The predicted molar refractivity (Wildman–Crippen MR) is 84.7 cm³/mol. The van der Waals surface area contributed by atoms with Crippen LogP contribution in [0.3, 0.4) is 0 Å². The maximum Gasteiger partial charge on any atom is 0.326 e. The van der Waals surface area contributed by atoms with Crippen molar-refractivity contribution >= 4 is 23.5 Å². The second-order valence-corrected chi connectivity index (χ2v) is 5.70. The van der Waals surface area contributed by atoms with Gasteiger partial charge in [-0.15, -0.1) is 5.10 Å². The molecule has 0 bridgehead atoms. The third-order valence-electron chi connectivity index (χ3n) is 3.67. The van der Waals surface area contributed by atoms with E-state index in [4.69, 9.17) is 11.6 Å². The van der Waals surface area contributed by atoms with Gasteiger partial charge in [0.25, 0.3) is 5.91 Å². The maximum atomic E-state index is 14.0. The Morgan fingerprint density at radius 2 is 2.17 bits per heavy atom. The molecule has 9 heteroatoms. The topological polar surface area (TPSA) is 97.1 Å². The van der Waals surface area contributed by atoms with Gasteiger partial charge in [0.05, 0.1) is 11.2 Å². The molecule has 0 aliphatic heterocycles. The molecule has 2 rings (SSSR count). The number of aromatic nitrogens is 3. The highest BCUT2D eigenvalue weighted by Crippen LogP contribution is 2.20. The first-order valence-corrected chi connectivity index (χ1v) is 7.63. The highest BCUT2D eigenvalue weighted by Gasteiger charge is 2.27. The Kier molecular flexibility index (Phi) is 5.50. The van der Waals surface area contributed by atoms with Gasteiger partial charge in [-0.2, -0.15) is 0 Å². The van der Waals surface area contributed by atoms with Crippen LogP contribution in [0.25, 0.3) is 5.69 Å². The zero-order valence-corrected chi connectivity index (χ0v) is 13.8. The highest BCUT2D eigenvalue weighted by atomic mass is 35.5. The van der Waals surface area contributed by atoms with Crippen LogP contribution in [-0.4, -0.2) is 38.0 Å². The van der Waals surface area contributed by atoms with Crippen LogP contribution >= 0.6 is 11.6 Å². The van der Waals surface area contributed by atoms with Gasteiger partial charge in [-0.1, -0.05) is 43.1 Å². The number of carboxylic acids is 1. The fourth-order valence-corrected chi connectivity index (χ4v) is 2.22. The van der Waals surface area contributed by atoms with Gasteiger partial charge in [0, 0.05) is 0 Å². The van der Waals surface area contributed by atoms with Crippen molar-refractivity contribution in [3.05, 3.63) is 40.9 Å². The zero-order chi connectivity index (χ0) is 17.9. The molecule has 1 aromatic carbocycles. The number of benzene rings is 1. The number of carboxylic acid groups (broad SMARTS) is 1. The predicted octanol–water partition coefficient (Wildman–Crippen LogP) is 2.29. The quantitative estimate of drug-likeness (QED) is 0.829. The molecule has 0 fully saturated rings. The lowest BCUT2D eigenvalue weighted by Crippen LogP contribution is -2.45. The number of rotatable bonds is 6. The lowest BCUT2D eigenvalue weighted by atomic mass is 9.99. The normalized spacial score (nSPS) is 13.3. The van der Waals surface area contributed by atoms with Crippen LogP contribution in [0, 0.1) is 11.7 Å². The molecular formula is C15H16ClFN4O3. The molecule has 0 saturated heterocycles. The average Bonchev–Trinajstić information content (AvgIpc) is 3.03. The van der Waals surface area contributed by atoms with Gasteiger partial charge in [0.15, 0.2) is 11.5 Å². The van der Waals surface area contributed by atoms with Crippen molar-refractivity contribution in [1.82, 2.24) is 20.3 Å². The molecule has 0 radical (unpaired) electrons. The summed E-state index contributed by atoms with van der Waals surface area (Å²) in [5, 5.41) is 18.9. The molecule has 1 aromatic heterocycles. The van der Waals surface area contributed by atoms with E-state index >= 15 is 0 Å². The molecule has 2 N–H and O–H groups in total. The average molecular weight is 355 g/mol. The summed E-state index contributed by atoms with van der Waals surface area (Å²) in [5.41, 5.74) is -0.0883. The summed E-state index contributed by atoms with van der Waals surface area (Å²) in [6, 6.07) is 3.30. The van der Waals surface area contributed by atoms with Gasteiger partial charge >= 0.3 is 5.97 Å². The highest BCUT2D eigenvalue weighted by molar-refractivity contribution is 6.30. The summed E-state index contributed by atoms with van der Waals surface area (Å²) in [5.74, 6) is -2.78. The number of carbonyl (C=O) groups is 2. The largest absolute Gasteiger partial charge is 0.480 e. The first-order chi connectivity index (χ1) is 11.3. The van der Waals surface area contributed by atoms with Crippen molar-refractivity contribution in [1.29, 1.82) is 0 Å². The molecule has 128 valence electrons. The fraction of sp³-hybridized carbons (Fsp3) is 0.333. The van der Waals surface area contributed by atoms with Crippen LogP contribution < -0.4 is 5.32 Å². The van der Waals surface area contributed by atoms with Crippen LogP contribution in [0.4, 0.5) is 4.39 Å². The lowest BCUT2D eigenvalue weighted by molar-refractivity contribution is -0.140. The molecule has 24 heavy (non-hydrogen) atoms. The Morgan fingerprint density at radius 3 is 2.79 bits per heavy atom. The number of nitrogens with zero attached hydrogens (tertiary/aromatic N) is 3. The van der Waals surface area contributed by atoms with Crippen LogP contribution in [0.15, 0.2) is 24.4 Å². The minimum Gasteiger partial charge on any atom is -0.480 e. The minimum absolute atomic E-state index is 0.0331. The van der Waals surface area contributed by atoms with E-state index in [0.29, 0.717) is 6.42 Å². The van der Waals surface area contributed by atoms with Crippen molar-refractivity contribution in [2.75, 3.05) is 0 Å². The second kappa shape index (κ2) is 7.39. The number of hydrogen-bond donors (Lipinski definition) is 2. The molecule has 0 aliphatic carbocycles. The first-order valence-electron chi connectivity index (χ1n) is 7.25. The van der Waals surface area contributed by atoms with Crippen LogP contribution in [0.2, 0.25) is 5.02 Å². The summed E-state index contributed by atoms with van der Waals surface area (Å²) >= 11 is 5.71. The Morgan fingerprint density at radius 1 is 1.46 bits per heavy atom. The van der Waals surface area contributed by atoms with Crippen molar-refractivity contribution in [2.45, 2.75) is 26.3 Å². The van der Waals surface area contributed by atoms with Gasteiger partial charge in [0.1, 0.15) is 11.7 Å². The summed E-state index contributed by atoms with van der Waals surface area (Å²) in [4.78, 5) is 23.4. The maximum absolute atomic E-state index is 14.0. The summed E-state index contributed by atoms with van der Waals surface area (Å²) in [6.07, 6.45) is 1.79. The van der Waals surface area contributed by atoms with E-state index in [9.17, 15) is 19.1 Å². The fourth-order valence-electron chi connectivity index (χ4n) is 2.05. The van der Waals surface area contributed by atoms with E-state index in [2.05, 4.69) is 15.6 Å². The number of halogens is 2. The van der Waals surface area contributed by atoms with Crippen molar-refractivity contribution in [2.24, 2.45) is 5.92 Å². The standard InChI is InChI=1S/C15H16ClFN4O3/c1-3-8(2)13(15(23)24)18-14(22)10-7-21(20-19-10)11-6-4-5-9(16)12(11)17/h4-8,13H,3H2,1-2H3,(H,18,22)(H,23,24). The molecule has 0 saturated carbocycles. The Labute approximate surface area is 142 Å². The van der Waals surface area contributed by atoms with Crippen LogP contribution in [0.1, 0.15) is 30.8 Å². The molecule has 2 atom stereocenters. The van der Waals surface area contributed by atoms with E-state index in [1.807, 2.05) is 6.92 Å². The Bertz CT molecular complexity index is 765. The zero-order valence-electron chi connectivity index (χ0n) is 13.0. The van der Waals surface area contributed by atoms with Crippen LogP contribution in [-0.2, 0) is 4.79 Å². The van der Waals surface area contributed by atoms with E-state index in [-0.39, 0.29) is 22.3 Å². The third kappa shape index (κ3) is 3.70. The van der Waals surface area contributed by atoms with Gasteiger partial charge in [-0.3, -0.25) is 4.79 Å². The SMILES string of the molecule is CCC(C)C(NC(=O)c1cn(-c2cccc(Cl)c2F)nn1)C(=O)O. The van der Waals surface area contributed by atoms with E-state index < -0.39 is 23.7 Å². The van der Waals surface area contributed by atoms with Crippen LogP contribution in [0.5, 0.6) is 0 Å². The van der Waals surface area contributed by atoms with E-state index in [0.717, 1.165) is 4.68 Å². The summed E-state index contributed by atoms with van der Waals surface area (Å²) < 4.78 is 15.0. The second-order valence-electron chi connectivity index (χ2n) is 5.30. The Hall–Kier alpha value is -2.48. The number of aliphatic carboxylic acids is 1. The number of hydrogen-bond acceptors (Lipinski definition) is 4. The summed E-state index contributed by atoms with van der Waals surface area (Å²) in [6.45, 7) is 3.54. The van der Waals surface area contributed by atoms with E-state index in [1.165, 1.54) is 24.4 Å². The molecule has 1 heterocycles. The molecule has 7 nitrogen and oxygen atoms in total. The number of nitrogens with one attached hydrogen (secondary N) is 1. The monoisotopic (exact) mass is 354 g/mol. The molecular weight excluding hydrogens is 339 g/mol. The lowest BCUT2D eigenvalue weighted by Gasteiger charge is -2.19. The number of amides is 1. The van der Waals surface area contributed by atoms with Crippen molar-refractivity contribution in [3.63, 3.8) is 0 Å². The van der Waals surface area contributed by atoms with Crippen molar-refractivity contribution in [3.8, 4) is 5.69 Å². The van der Waals surface area contributed by atoms with Gasteiger partial charge in [0.2, 0.25) is 0 Å². The molecule has 1 amide bonds. The molecule has 0 spiro atoms. The van der Waals surface area contributed by atoms with Gasteiger partial charge in [-0.25, -0.2) is 13.9 Å². The minimum atomic E-state index is -1.13.